The highest BCUT2D eigenvalue weighted by molar-refractivity contribution is 14.0. The molecule has 0 aromatic rings. The molecule has 0 radical (unpaired) electrons. The van der Waals surface area contributed by atoms with Crippen molar-refractivity contribution in [1.29, 1.82) is 0 Å². The van der Waals surface area contributed by atoms with Gasteiger partial charge in [-0.15, -0.1) is 24.0 Å². The third-order valence-corrected chi connectivity index (χ3v) is 6.63. The molecule has 2 N–H and O–H groups in total. The summed E-state index contributed by atoms with van der Waals surface area (Å²) in [5.41, 5.74) is -0.254. The molecule has 2 aliphatic carbocycles. The van der Waals surface area contributed by atoms with Crippen molar-refractivity contribution in [3.8, 4) is 0 Å². The highest BCUT2D eigenvalue weighted by atomic mass is 127. The van der Waals surface area contributed by atoms with Crippen LogP contribution in [0.4, 0.5) is 0 Å². The lowest BCUT2D eigenvalue weighted by Crippen LogP contribution is -2.51. The summed E-state index contributed by atoms with van der Waals surface area (Å²) >= 11 is 1.97. The Bertz CT molecular complexity index is 452. The smallest absolute Gasteiger partial charge is 0.230 e. The van der Waals surface area contributed by atoms with Crippen molar-refractivity contribution in [2.45, 2.75) is 62.7 Å². The number of nitrogens with zero attached hydrogens (tertiary/aromatic N) is 2. The first kappa shape index (κ1) is 22.9. The molecule has 2 atom stereocenters. The number of carbonyl (C=O) groups excluding carboxylic acids is 1. The van der Waals surface area contributed by atoms with Gasteiger partial charge in [-0.25, -0.2) is 0 Å². The summed E-state index contributed by atoms with van der Waals surface area (Å²) in [6.07, 6.45) is 11.5. The molecular weight excluding hydrogens is 447 g/mol. The lowest BCUT2D eigenvalue weighted by atomic mass is 9.84. The second-order valence-electron chi connectivity index (χ2n) is 7.48. The highest BCUT2D eigenvalue weighted by Gasteiger charge is 2.42. The zero-order valence-corrected chi connectivity index (χ0v) is 19.3. The van der Waals surface area contributed by atoms with E-state index in [1.807, 2.05) is 32.9 Å². The van der Waals surface area contributed by atoms with Gasteiger partial charge in [-0.3, -0.25) is 9.79 Å². The van der Waals surface area contributed by atoms with Crippen molar-refractivity contribution in [2.24, 2.45) is 10.4 Å². The maximum atomic E-state index is 12.7. The molecule has 0 saturated heterocycles. The fourth-order valence-corrected chi connectivity index (χ4v) is 4.95. The summed E-state index contributed by atoms with van der Waals surface area (Å²) in [5.74, 6) is 1.10. The van der Waals surface area contributed by atoms with Crippen molar-refractivity contribution in [1.82, 2.24) is 15.5 Å². The maximum absolute atomic E-state index is 12.7. The molecule has 0 aromatic carbocycles. The molecule has 146 valence electrons. The quantitative estimate of drug-likeness (QED) is 0.359. The lowest BCUT2D eigenvalue weighted by molar-refractivity contribution is -0.138. The van der Waals surface area contributed by atoms with E-state index in [0.717, 1.165) is 36.9 Å². The van der Waals surface area contributed by atoms with Gasteiger partial charge in [0.25, 0.3) is 0 Å². The first-order valence-electron chi connectivity index (χ1n) is 9.22. The number of amides is 1. The molecule has 2 aliphatic rings. The first-order valence-corrected chi connectivity index (χ1v) is 10.5. The van der Waals surface area contributed by atoms with Crippen LogP contribution in [0.5, 0.6) is 0 Å². The first-order chi connectivity index (χ1) is 11.5. The fourth-order valence-electron chi connectivity index (χ4n) is 4.12. The average molecular weight is 482 g/mol. The normalized spacial score (nSPS) is 25.8. The van der Waals surface area contributed by atoms with Crippen LogP contribution in [0.15, 0.2) is 4.99 Å². The van der Waals surface area contributed by atoms with Crippen molar-refractivity contribution in [3.63, 3.8) is 0 Å². The molecule has 5 nitrogen and oxygen atoms in total. The molecule has 0 spiro atoms. The number of thioether (sulfide) groups is 1. The van der Waals surface area contributed by atoms with Gasteiger partial charge >= 0.3 is 0 Å². The number of carbonyl (C=O) groups is 1. The second kappa shape index (κ2) is 10.8. The van der Waals surface area contributed by atoms with Gasteiger partial charge < -0.3 is 15.5 Å². The van der Waals surface area contributed by atoms with Gasteiger partial charge in [0.15, 0.2) is 5.96 Å². The number of guanidine groups is 1. The molecule has 0 aliphatic heterocycles. The van der Waals surface area contributed by atoms with Gasteiger partial charge in [-0.1, -0.05) is 19.3 Å². The SMILES string of the molecule is CN=C(NCC1(C(=O)N(C)C)CCCC1)NC1CCCC(SC)C1.I. The highest BCUT2D eigenvalue weighted by Crippen LogP contribution is 2.39. The number of hydrogen-bond donors (Lipinski definition) is 2. The van der Waals surface area contributed by atoms with Crippen molar-refractivity contribution in [3.05, 3.63) is 0 Å². The Labute approximate surface area is 174 Å². The van der Waals surface area contributed by atoms with Crippen molar-refractivity contribution in [2.75, 3.05) is 33.9 Å². The van der Waals surface area contributed by atoms with Crippen LogP contribution in [0.1, 0.15) is 51.4 Å². The van der Waals surface area contributed by atoms with Gasteiger partial charge in [0.1, 0.15) is 0 Å². The van der Waals surface area contributed by atoms with Crippen LogP contribution in [-0.4, -0.2) is 62.0 Å². The number of aliphatic imine (C=N–C) groups is 1. The van der Waals surface area contributed by atoms with Gasteiger partial charge in [0.2, 0.25) is 5.91 Å². The summed E-state index contributed by atoms with van der Waals surface area (Å²) in [4.78, 5) is 18.8. The van der Waals surface area contributed by atoms with E-state index >= 15 is 0 Å². The van der Waals surface area contributed by atoms with E-state index in [1.165, 1.54) is 25.7 Å². The van der Waals surface area contributed by atoms with Crippen LogP contribution in [0.3, 0.4) is 0 Å². The molecule has 2 fully saturated rings. The minimum Gasteiger partial charge on any atom is -0.355 e. The van der Waals surface area contributed by atoms with Crippen LogP contribution < -0.4 is 10.6 Å². The molecule has 1 amide bonds. The Morgan fingerprint density at radius 3 is 2.48 bits per heavy atom. The third-order valence-electron chi connectivity index (χ3n) is 5.54. The summed E-state index contributed by atoms with van der Waals surface area (Å²) in [7, 11) is 5.54. The predicted molar refractivity (Wildman–Crippen MR) is 119 cm³/mol. The summed E-state index contributed by atoms with van der Waals surface area (Å²) in [6, 6.07) is 0.492. The van der Waals surface area contributed by atoms with Gasteiger partial charge in [-0.2, -0.15) is 11.8 Å². The fraction of sp³-hybridized carbons (Fsp3) is 0.889. The molecule has 0 heterocycles. The van der Waals surface area contributed by atoms with Gasteiger partial charge in [-0.05, 0) is 38.4 Å². The van der Waals surface area contributed by atoms with Crippen LogP contribution >= 0.6 is 35.7 Å². The van der Waals surface area contributed by atoms with Crippen LogP contribution in [-0.2, 0) is 4.79 Å². The third kappa shape index (κ3) is 6.19. The van der Waals surface area contributed by atoms with Crippen LogP contribution in [0, 0.1) is 5.41 Å². The standard InChI is InChI=1S/C18H34N4OS.HI/c1-19-17(21-14-8-7-9-15(12-14)24-4)20-13-18(10-5-6-11-18)16(23)22(2)3;/h14-15H,5-13H2,1-4H3,(H2,19,20,21);1H. The van der Waals surface area contributed by atoms with E-state index in [1.54, 1.807) is 4.90 Å². The second-order valence-corrected chi connectivity index (χ2v) is 8.62. The molecule has 2 saturated carbocycles. The Balaban J connectivity index is 0.00000312. The lowest BCUT2D eigenvalue weighted by Gasteiger charge is -2.33. The zero-order chi connectivity index (χ0) is 17.6. The molecule has 25 heavy (non-hydrogen) atoms. The van der Waals surface area contributed by atoms with E-state index < -0.39 is 0 Å². The minimum atomic E-state index is -0.254. The van der Waals surface area contributed by atoms with Crippen molar-refractivity contribution >= 4 is 47.6 Å². The monoisotopic (exact) mass is 482 g/mol. The number of rotatable bonds is 5. The van der Waals surface area contributed by atoms with E-state index in [2.05, 4.69) is 21.9 Å². The van der Waals surface area contributed by atoms with Crippen LogP contribution in [0.2, 0.25) is 0 Å². The zero-order valence-electron chi connectivity index (χ0n) is 16.1. The van der Waals surface area contributed by atoms with E-state index in [4.69, 9.17) is 0 Å². The van der Waals surface area contributed by atoms with E-state index in [0.29, 0.717) is 12.6 Å². The molecular formula is C18H35IN4OS. The minimum absolute atomic E-state index is 0. The van der Waals surface area contributed by atoms with Gasteiger partial charge in [0.05, 0.1) is 5.41 Å². The molecule has 2 unspecified atom stereocenters. The molecule has 2 rings (SSSR count). The van der Waals surface area contributed by atoms with E-state index in [-0.39, 0.29) is 35.3 Å². The Kier molecular flexibility index (Phi) is 9.92. The van der Waals surface area contributed by atoms with E-state index in [9.17, 15) is 4.79 Å². The summed E-state index contributed by atoms with van der Waals surface area (Å²) in [6.45, 7) is 0.683. The number of hydrogen-bond acceptors (Lipinski definition) is 3. The largest absolute Gasteiger partial charge is 0.355 e. The number of halogens is 1. The molecule has 0 aromatic heterocycles. The Hall–Kier alpha value is -0.180. The van der Waals surface area contributed by atoms with Crippen LogP contribution in [0.25, 0.3) is 0 Å². The molecule has 0 bridgehead atoms. The summed E-state index contributed by atoms with van der Waals surface area (Å²) < 4.78 is 0. The summed E-state index contributed by atoms with van der Waals surface area (Å²) in [5, 5.41) is 7.79. The predicted octanol–water partition coefficient (Wildman–Crippen LogP) is 3.09. The Morgan fingerprint density at radius 1 is 1.24 bits per heavy atom. The van der Waals surface area contributed by atoms with Gasteiger partial charge in [0, 0.05) is 39.0 Å². The van der Waals surface area contributed by atoms with Crippen molar-refractivity contribution < 1.29 is 4.79 Å². The maximum Gasteiger partial charge on any atom is 0.230 e. The number of nitrogens with one attached hydrogen (secondary N) is 2. The topological polar surface area (TPSA) is 56.7 Å². The average Bonchev–Trinajstić information content (AvgIpc) is 3.08. The molecule has 7 heteroatoms. The Morgan fingerprint density at radius 2 is 1.92 bits per heavy atom.